The predicted molar refractivity (Wildman–Crippen MR) is 98.0 cm³/mol. The van der Waals surface area contributed by atoms with E-state index in [1.165, 1.54) is 6.92 Å². The monoisotopic (exact) mass is 391 g/mol. The van der Waals surface area contributed by atoms with Crippen molar-refractivity contribution in [2.75, 3.05) is 0 Å². The minimum Gasteiger partial charge on any atom is -0.343 e. The summed E-state index contributed by atoms with van der Waals surface area (Å²) in [6.45, 7) is 1.35. The molecule has 0 aromatic heterocycles. The maximum Gasteiger partial charge on any atom is 0.322 e. The summed E-state index contributed by atoms with van der Waals surface area (Å²) in [4.78, 5) is 36.2. The fourth-order valence-electron chi connectivity index (χ4n) is 2.65. The lowest BCUT2D eigenvalue weighted by molar-refractivity contribution is -0.135. The predicted octanol–water partition coefficient (Wildman–Crippen LogP) is 2.80. The summed E-state index contributed by atoms with van der Waals surface area (Å²) in [6.07, 6.45) is 0. The first kappa shape index (κ1) is 18.2. The molecule has 1 saturated heterocycles. The number of benzene rings is 2. The molecule has 4 amide bonds. The largest absolute Gasteiger partial charge is 0.343 e. The summed E-state index contributed by atoms with van der Waals surface area (Å²) in [5, 5.41) is 8.36. The van der Waals surface area contributed by atoms with Gasteiger partial charge in [0.2, 0.25) is 0 Å². The summed E-state index contributed by atoms with van der Waals surface area (Å²) in [5.74, 6) is -1.33. The van der Waals surface area contributed by atoms with Crippen molar-refractivity contribution in [3.8, 4) is 0 Å². The number of imide groups is 1. The van der Waals surface area contributed by atoms with Crippen LogP contribution in [0.2, 0.25) is 10.0 Å². The van der Waals surface area contributed by atoms with Crippen LogP contribution in [0.15, 0.2) is 48.5 Å². The van der Waals surface area contributed by atoms with E-state index in [-0.39, 0.29) is 0 Å². The number of hydrogen-bond donors (Lipinski definition) is 3. The van der Waals surface area contributed by atoms with Crippen molar-refractivity contribution in [2.45, 2.75) is 18.5 Å². The van der Waals surface area contributed by atoms with Gasteiger partial charge in [0, 0.05) is 10.0 Å². The smallest absolute Gasteiger partial charge is 0.322 e. The molecule has 1 atom stereocenters. The number of amides is 4. The summed E-state index contributed by atoms with van der Waals surface area (Å²) < 4.78 is 0. The van der Waals surface area contributed by atoms with Crippen LogP contribution in [0.3, 0.4) is 0 Å². The van der Waals surface area contributed by atoms with Gasteiger partial charge in [-0.2, -0.15) is 0 Å². The molecule has 26 heavy (non-hydrogen) atoms. The molecule has 8 heteroatoms. The Hall–Kier alpha value is -2.57. The summed E-state index contributed by atoms with van der Waals surface area (Å²) in [6, 6.07) is 12.7. The number of hydrogen-bond acceptors (Lipinski definition) is 3. The quantitative estimate of drug-likeness (QED) is 0.553. The van der Waals surface area contributed by atoms with E-state index >= 15 is 0 Å². The van der Waals surface area contributed by atoms with Gasteiger partial charge in [-0.3, -0.25) is 14.9 Å². The van der Waals surface area contributed by atoms with Crippen molar-refractivity contribution in [3.63, 3.8) is 0 Å². The molecular formula is C18H15Cl2N3O3. The Morgan fingerprint density at radius 1 is 0.962 bits per heavy atom. The number of carbonyl (C=O) groups is 3. The molecule has 2 aromatic rings. The second kappa shape index (κ2) is 6.97. The first-order valence-electron chi connectivity index (χ1n) is 7.75. The minimum absolute atomic E-state index is 0.556. The van der Waals surface area contributed by atoms with E-state index in [2.05, 4.69) is 16.0 Å². The van der Waals surface area contributed by atoms with Crippen molar-refractivity contribution in [2.24, 2.45) is 0 Å². The van der Waals surface area contributed by atoms with Crippen LogP contribution in [0.1, 0.15) is 24.1 Å². The Morgan fingerprint density at radius 3 is 1.81 bits per heavy atom. The zero-order chi connectivity index (χ0) is 18.9. The van der Waals surface area contributed by atoms with Crippen LogP contribution in [-0.4, -0.2) is 23.4 Å². The molecule has 1 aliphatic rings. The van der Waals surface area contributed by atoms with Crippen LogP contribution in [0, 0.1) is 0 Å². The van der Waals surface area contributed by atoms with Crippen LogP contribution < -0.4 is 16.0 Å². The number of urea groups is 1. The lowest BCUT2D eigenvalue weighted by atomic mass is 9.95. The normalized spacial score (nSPS) is 19.2. The zero-order valence-corrected chi connectivity index (χ0v) is 15.2. The highest BCUT2D eigenvalue weighted by atomic mass is 35.5. The standard InChI is InChI=1S/C18H15Cl2N3O3/c1-18(16(25)22-17(26)23-18)15(24)21-14(10-2-6-12(19)7-3-10)11-4-8-13(20)9-5-11/h2-9,14H,1H3,(H,21,24)(H2,22,23,25,26). The van der Waals surface area contributed by atoms with Crippen molar-refractivity contribution in [1.29, 1.82) is 0 Å². The first-order valence-corrected chi connectivity index (χ1v) is 8.51. The van der Waals surface area contributed by atoms with Gasteiger partial charge < -0.3 is 10.6 Å². The van der Waals surface area contributed by atoms with Crippen molar-refractivity contribution < 1.29 is 14.4 Å². The molecule has 1 aliphatic heterocycles. The Kier molecular flexibility index (Phi) is 4.89. The second-order valence-electron chi connectivity index (χ2n) is 6.04. The van der Waals surface area contributed by atoms with E-state index in [0.717, 1.165) is 11.1 Å². The molecule has 134 valence electrons. The third-order valence-corrected chi connectivity index (χ3v) is 4.68. The minimum atomic E-state index is -1.69. The van der Waals surface area contributed by atoms with Crippen LogP contribution in [0.5, 0.6) is 0 Å². The lowest BCUT2D eigenvalue weighted by Crippen LogP contribution is -2.57. The molecule has 1 unspecified atom stereocenters. The molecule has 0 spiro atoms. The van der Waals surface area contributed by atoms with Gasteiger partial charge in [0.05, 0.1) is 6.04 Å². The number of carbonyl (C=O) groups excluding carboxylic acids is 3. The van der Waals surface area contributed by atoms with Crippen LogP contribution in [-0.2, 0) is 9.59 Å². The summed E-state index contributed by atoms with van der Waals surface area (Å²) in [7, 11) is 0. The maximum absolute atomic E-state index is 12.8. The van der Waals surface area contributed by atoms with Crippen molar-refractivity contribution in [1.82, 2.24) is 16.0 Å². The highest BCUT2D eigenvalue weighted by Crippen LogP contribution is 2.26. The molecule has 0 saturated carbocycles. The van der Waals surface area contributed by atoms with Gasteiger partial charge in [0.1, 0.15) is 0 Å². The van der Waals surface area contributed by atoms with Gasteiger partial charge in [-0.25, -0.2) is 4.79 Å². The highest BCUT2D eigenvalue weighted by molar-refractivity contribution is 6.30. The average Bonchev–Trinajstić information content (AvgIpc) is 2.87. The van der Waals surface area contributed by atoms with E-state index in [1.54, 1.807) is 48.5 Å². The first-order chi connectivity index (χ1) is 12.3. The van der Waals surface area contributed by atoms with Crippen molar-refractivity contribution >= 4 is 41.0 Å². The Morgan fingerprint density at radius 2 is 1.42 bits per heavy atom. The van der Waals surface area contributed by atoms with Crippen LogP contribution in [0.4, 0.5) is 4.79 Å². The lowest BCUT2D eigenvalue weighted by Gasteiger charge is -2.25. The molecule has 0 aliphatic carbocycles. The third kappa shape index (κ3) is 3.52. The van der Waals surface area contributed by atoms with E-state index in [0.29, 0.717) is 10.0 Å². The fourth-order valence-corrected chi connectivity index (χ4v) is 2.90. The second-order valence-corrected chi connectivity index (χ2v) is 6.92. The maximum atomic E-state index is 12.8. The Labute approximate surface area is 159 Å². The molecule has 3 rings (SSSR count). The van der Waals surface area contributed by atoms with E-state index in [9.17, 15) is 14.4 Å². The molecule has 3 N–H and O–H groups in total. The van der Waals surface area contributed by atoms with Crippen LogP contribution >= 0.6 is 23.2 Å². The number of halogens is 2. The summed E-state index contributed by atoms with van der Waals surface area (Å²) >= 11 is 11.9. The molecule has 6 nitrogen and oxygen atoms in total. The molecule has 1 fully saturated rings. The van der Waals surface area contributed by atoms with Crippen LogP contribution in [0.25, 0.3) is 0 Å². The van der Waals surface area contributed by atoms with Gasteiger partial charge in [-0.15, -0.1) is 0 Å². The van der Waals surface area contributed by atoms with Gasteiger partial charge in [-0.1, -0.05) is 47.5 Å². The highest BCUT2D eigenvalue weighted by Gasteiger charge is 2.49. The van der Waals surface area contributed by atoms with Gasteiger partial charge in [-0.05, 0) is 42.3 Å². The van der Waals surface area contributed by atoms with E-state index in [4.69, 9.17) is 23.2 Å². The Balaban J connectivity index is 1.94. The molecule has 2 aromatic carbocycles. The number of nitrogens with one attached hydrogen (secondary N) is 3. The number of rotatable bonds is 4. The van der Waals surface area contributed by atoms with Gasteiger partial charge >= 0.3 is 6.03 Å². The third-order valence-electron chi connectivity index (χ3n) is 4.18. The van der Waals surface area contributed by atoms with Gasteiger partial charge in [0.15, 0.2) is 5.54 Å². The SMILES string of the molecule is CC1(C(=O)NC(c2ccc(Cl)cc2)c2ccc(Cl)cc2)NC(=O)NC1=O. The van der Waals surface area contributed by atoms with Gasteiger partial charge in [0.25, 0.3) is 11.8 Å². The fraction of sp³-hybridized carbons (Fsp3) is 0.167. The summed E-state index contributed by atoms with van der Waals surface area (Å²) in [5.41, 5.74) is -0.162. The molecule has 0 radical (unpaired) electrons. The molecular weight excluding hydrogens is 377 g/mol. The van der Waals surface area contributed by atoms with E-state index < -0.39 is 29.4 Å². The Bertz CT molecular complexity index is 823. The molecule has 0 bridgehead atoms. The zero-order valence-electron chi connectivity index (χ0n) is 13.7. The van der Waals surface area contributed by atoms with Crippen molar-refractivity contribution in [3.05, 3.63) is 69.7 Å². The average molecular weight is 392 g/mol. The topological polar surface area (TPSA) is 87.3 Å². The van der Waals surface area contributed by atoms with E-state index in [1.807, 2.05) is 0 Å². The molecule has 1 heterocycles.